The molecular formula is C9H5ClN2O. The number of nitrogens with zero attached hydrogens (tertiary/aromatic N) is 2. The molecule has 1 aliphatic rings. The number of aliphatic imine (C=N–C) groups is 1. The predicted molar refractivity (Wildman–Crippen MR) is 50.4 cm³/mol. The highest BCUT2D eigenvalue weighted by molar-refractivity contribution is 6.66. The van der Waals surface area contributed by atoms with Gasteiger partial charge in [0.15, 0.2) is 0 Å². The highest BCUT2D eigenvalue weighted by atomic mass is 35.5. The van der Waals surface area contributed by atoms with E-state index >= 15 is 0 Å². The Morgan fingerprint density at radius 1 is 1.31 bits per heavy atom. The minimum Gasteiger partial charge on any atom is -0.267 e. The second-order valence-corrected chi connectivity index (χ2v) is 2.95. The number of carbonyl (C=O) groups excluding carboxylic acids is 1. The fourth-order valence-corrected chi connectivity index (χ4v) is 1.32. The summed E-state index contributed by atoms with van der Waals surface area (Å²) in [6.07, 6.45) is 0. The quantitative estimate of drug-likeness (QED) is 0.551. The summed E-state index contributed by atoms with van der Waals surface area (Å²) in [5, 5.41) is 1.17. The summed E-state index contributed by atoms with van der Waals surface area (Å²) in [6, 6.07) is 5.16. The number of carbonyl (C=O) groups is 1. The Hall–Kier alpha value is -1.48. The molecule has 1 amide bonds. The van der Waals surface area contributed by atoms with Gasteiger partial charge in [-0.2, -0.15) is 4.99 Å². The SMILES string of the molecule is C=c1cccc2c1=NC(Cl)=NC2=O. The zero-order chi connectivity index (χ0) is 9.42. The summed E-state index contributed by atoms with van der Waals surface area (Å²) >= 11 is 5.55. The van der Waals surface area contributed by atoms with Crippen LogP contribution in [-0.4, -0.2) is 11.2 Å². The van der Waals surface area contributed by atoms with Gasteiger partial charge in [0, 0.05) is 0 Å². The zero-order valence-corrected chi connectivity index (χ0v) is 7.38. The van der Waals surface area contributed by atoms with Crippen molar-refractivity contribution >= 4 is 29.4 Å². The van der Waals surface area contributed by atoms with E-state index in [4.69, 9.17) is 11.6 Å². The van der Waals surface area contributed by atoms with Gasteiger partial charge in [-0.25, -0.2) is 4.99 Å². The molecule has 1 aliphatic heterocycles. The number of para-hydroxylation sites is 1. The molecule has 1 heterocycles. The van der Waals surface area contributed by atoms with Crippen molar-refractivity contribution in [1.29, 1.82) is 0 Å². The van der Waals surface area contributed by atoms with E-state index in [9.17, 15) is 4.79 Å². The Balaban J connectivity index is 2.92. The van der Waals surface area contributed by atoms with Crippen LogP contribution in [0.2, 0.25) is 0 Å². The van der Waals surface area contributed by atoms with E-state index in [1.165, 1.54) is 0 Å². The number of hydrogen-bond acceptors (Lipinski definition) is 2. The Morgan fingerprint density at radius 2 is 2.08 bits per heavy atom. The van der Waals surface area contributed by atoms with Crippen LogP contribution in [0.25, 0.3) is 6.58 Å². The first-order chi connectivity index (χ1) is 6.18. The van der Waals surface area contributed by atoms with Crippen LogP contribution in [0.5, 0.6) is 0 Å². The first kappa shape index (κ1) is 8.13. The van der Waals surface area contributed by atoms with Crippen LogP contribution in [-0.2, 0) is 0 Å². The number of fused-ring (bicyclic) bond motifs is 1. The van der Waals surface area contributed by atoms with Gasteiger partial charge in [-0.1, -0.05) is 18.7 Å². The molecule has 1 aromatic rings. The van der Waals surface area contributed by atoms with Gasteiger partial charge in [0.05, 0.1) is 10.9 Å². The number of halogens is 1. The van der Waals surface area contributed by atoms with E-state index < -0.39 is 0 Å². The number of rotatable bonds is 0. The molecule has 2 rings (SSSR count). The molecule has 0 bridgehead atoms. The molecule has 0 radical (unpaired) electrons. The van der Waals surface area contributed by atoms with Crippen molar-refractivity contribution in [3.05, 3.63) is 34.3 Å². The second-order valence-electron chi connectivity index (χ2n) is 2.61. The summed E-state index contributed by atoms with van der Waals surface area (Å²) in [5.41, 5.74) is 0.455. The average molecular weight is 193 g/mol. The summed E-state index contributed by atoms with van der Waals surface area (Å²) < 4.78 is 0. The molecule has 0 atom stereocenters. The van der Waals surface area contributed by atoms with Gasteiger partial charge >= 0.3 is 0 Å². The third kappa shape index (κ3) is 1.27. The fourth-order valence-electron chi connectivity index (χ4n) is 1.16. The van der Waals surface area contributed by atoms with Gasteiger partial charge in [-0.3, -0.25) is 4.79 Å². The lowest BCUT2D eigenvalue weighted by Gasteiger charge is -2.02. The minimum atomic E-state index is -0.361. The number of hydrogen-bond donors (Lipinski definition) is 0. The number of amidine groups is 1. The third-order valence-electron chi connectivity index (χ3n) is 1.75. The molecule has 3 nitrogen and oxygen atoms in total. The fraction of sp³-hybridized carbons (Fsp3) is 0. The standard InChI is InChI=1S/C9H5ClN2O/c1-5-3-2-4-6-7(5)11-9(10)12-8(6)13/h2-4H,1H2. The van der Waals surface area contributed by atoms with Gasteiger partial charge in [0.2, 0.25) is 5.29 Å². The van der Waals surface area contributed by atoms with Crippen molar-refractivity contribution in [3.8, 4) is 0 Å². The first-order valence-electron chi connectivity index (χ1n) is 3.64. The Kier molecular flexibility index (Phi) is 1.74. The normalized spacial score (nSPS) is 14.5. The van der Waals surface area contributed by atoms with Crippen LogP contribution < -0.4 is 10.6 Å². The average Bonchev–Trinajstić information content (AvgIpc) is 2.07. The lowest BCUT2D eigenvalue weighted by atomic mass is 10.1. The highest BCUT2D eigenvalue weighted by Crippen LogP contribution is 2.00. The van der Waals surface area contributed by atoms with E-state index in [-0.39, 0.29) is 11.2 Å². The molecule has 0 aliphatic carbocycles. The Labute approximate surface area is 79.1 Å². The highest BCUT2D eigenvalue weighted by Gasteiger charge is 2.12. The van der Waals surface area contributed by atoms with E-state index in [0.717, 1.165) is 0 Å². The summed E-state index contributed by atoms with van der Waals surface area (Å²) in [6.45, 7) is 3.74. The zero-order valence-electron chi connectivity index (χ0n) is 6.62. The molecule has 1 aromatic carbocycles. The van der Waals surface area contributed by atoms with E-state index in [1.54, 1.807) is 18.2 Å². The topological polar surface area (TPSA) is 41.8 Å². The van der Waals surface area contributed by atoms with Crippen molar-refractivity contribution in [2.45, 2.75) is 0 Å². The van der Waals surface area contributed by atoms with Gasteiger partial charge in [0.1, 0.15) is 0 Å². The number of amides is 1. The maximum atomic E-state index is 11.3. The molecule has 0 spiro atoms. The molecule has 0 saturated heterocycles. The van der Waals surface area contributed by atoms with Crippen LogP contribution >= 0.6 is 11.6 Å². The molecule has 0 unspecified atom stereocenters. The number of benzene rings is 1. The molecule has 0 N–H and O–H groups in total. The van der Waals surface area contributed by atoms with Gasteiger partial charge in [-0.15, -0.1) is 0 Å². The lowest BCUT2D eigenvalue weighted by Crippen LogP contribution is -2.32. The molecule has 0 fully saturated rings. The van der Waals surface area contributed by atoms with Crippen molar-refractivity contribution < 1.29 is 4.79 Å². The van der Waals surface area contributed by atoms with Gasteiger partial charge in [-0.05, 0) is 22.9 Å². The van der Waals surface area contributed by atoms with E-state index in [0.29, 0.717) is 16.1 Å². The predicted octanol–water partition coefficient (Wildman–Crippen LogP) is 0.465. The van der Waals surface area contributed by atoms with Crippen LogP contribution in [0.15, 0.2) is 28.2 Å². The lowest BCUT2D eigenvalue weighted by molar-refractivity contribution is 0.100. The van der Waals surface area contributed by atoms with Crippen molar-refractivity contribution in [3.63, 3.8) is 0 Å². The summed E-state index contributed by atoms with van der Waals surface area (Å²) in [4.78, 5) is 18.7. The molecule has 0 aromatic heterocycles. The van der Waals surface area contributed by atoms with Crippen molar-refractivity contribution in [2.75, 3.05) is 0 Å². The third-order valence-corrected chi connectivity index (χ3v) is 1.92. The molecular weight excluding hydrogens is 188 g/mol. The smallest absolute Gasteiger partial charge is 0.267 e. The molecule has 64 valence electrons. The van der Waals surface area contributed by atoms with Gasteiger partial charge < -0.3 is 0 Å². The van der Waals surface area contributed by atoms with Gasteiger partial charge in [0.25, 0.3) is 5.91 Å². The maximum absolute atomic E-state index is 11.3. The maximum Gasteiger partial charge on any atom is 0.281 e. The second kappa shape index (κ2) is 2.78. The van der Waals surface area contributed by atoms with Crippen LogP contribution in [0, 0.1) is 0 Å². The Morgan fingerprint density at radius 3 is 2.85 bits per heavy atom. The first-order valence-corrected chi connectivity index (χ1v) is 4.01. The Bertz CT molecular complexity index is 519. The summed E-state index contributed by atoms with van der Waals surface area (Å²) in [7, 11) is 0. The van der Waals surface area contributed by atoms with Crippen molar-refractivity contribution in [1.82, 2.24) is 0 Å². The van der Waals surface area contributed by atoms with Crippen LogP contribution in [0.4, 0.5) is 0 Å². The molecule has 4 heteroatoms. The monoisotopic (exact) mass is 192 g/mol. The largest absolute Gasteiger partial charge is 0.281 e. The van der Waals surface area contributed by atoms with E-state index in [1.807, 2.05) is 0 Å². The van der Waals surface area contributed by atoms with Crippen LogP contribution in [0.1, 0.15) is 10.4 Å². The van der Waals surface area contributed by atoms with E-state index in [2.05, 4.69) is 16.6 Å². The van der Waals surface area contributed by atoms with Crippen molar-refractivity contribution in [2.24, 2.45) is 9.98 Å². The minimum absolute atomic E-state index is 0.0337. The molecule has 0 saturated carbocycles. The summed E-state index contributed by atoms with van der Waals surface area (Å²) in [5.74, 6) is -0.361. The van der Waals surface area contributed by atoms with Crippen LogP contribution in [0.3, 0.4) is 0 Å². The molecule has 13 heavy (non-hydrogen) atoms.